The fraction of sp³-hybridized carbons (Fsp3) is 0.667. The second-order valence-corrected chi connectivity index (χ2v) is 5.03. The Kier molecular flexibility index (Phi) is 5.73. The molecule has 9 heteroatoms. The smallest absolute Gasteiger partial charge is 0.414 e. The summed E-state index contributed by atoms with van der Waals surface area (Å²) in [6.45, 7) is 1.25. The van der Waals surface area contributed by atoms with Gasteiger partial charge in [0.2, 0.25) is 0 Å². The Morgan fingerprint density at radius 1 is 1.38 bits per heavy atom. The van der Waals surface area contributed by atoms with E-state index >= 15 is 0 Å². The molecule has 0 saturated carbocycles. The lowest BCUT2D eigenvalue weighted by Crippen LogP contribution is -2.53. The molecule has 0 aliphatic carbocycles. The second kappa shape index (κ2) is 6.90. The van der Waals surface area contributed by atoms with Gasteiger partial charge in [0.05, 0.1) is 0 Å². The van der Waals surface area contributed by atoms with Crippen LogP contribution in [0.1, 0.15) is 0 Å². The zero-order chi connectivity index (χ0) is 16.2. The summed E-state index contributed by atoms with van der Waals surface area (Å²) in [5, 5.41) is 0. The van der Waals surface area contributed by atoms with Crippen molar-refractivity contribution in [2.24, 2.45) is 11.7 Å². The van der Waals surface area contributed by atoms with Gasteiger partial charge in [-0.3, -0.25) is 4.79 Å². The molecule has 2 N–H and O–H groups in total. The quantitative estimate of drug-likeness (QED) is 0.438. The molecule has 0 radical (unpaired) electrons. The van der Waals surface area contributed by atoms with Crippen LogP contribution in [0.4, 0.5) is 13.2 Å². The molecule has 1 fully saturated rings. The summed E-state index contributed by atoms with van der Waals surface area (Å²) in [6, 6.07) is 0. The number of amides is 1. The maximum atomic E-state index is 12.2. The van der Waals surface area contributed by atoms with Crippen LogP contribution in [0.5, 0.6) is 0 Å². The van der Waals surface area contributed by atoms with E-state index in [0.29, 0.717) is 19.6 Å². The largest absolute Gasteiger partial charge is 0.491 e. The van der Waals surface area contributed by atoms with Crippen LogP contribution in [-0.4, -0.2) is 68.1 Å². The third kappa shape index (κ3) is 5.01. The molecule has 1 aliphatic heterocycles. The van der Waals surface area contributed by atoms with Crippen molar-refractivity contribution < 1.29 is 27.5 Å². The van der Waals surface area contributed by atoms with E-state index in [0.717, 1.165) is 6.08 Å². The highest BCUT2D eigenvalue weighted by atomic mass is 19.4. The maximum Gasteiger partial charge on any atom is 0.491 e. The molecule has 1 heterocycles. The number of alkyl halides is 3. The summed E-state index contributed by atoms with van der Waals surface area (Å²) in [7, 11) is 3.33. The number of ether oxygens (including phenoxy) is 1. The summed E-state index contributed by atoms with van der Waals surface area (Å²) in [6.07, 6.45) is -3.99. The van der Waals surface area contributed by atoms with Gasteiger partial charge in [-0.15, -0.1) is 0 Å². The van der Waals surface area contributed by atoms with Gasteiger partial charge >= 0.3 is 12.1 Å². The van der Waals surface area contributed by atoms with Crippen LogP contribution in [0.25, 0.3) is 0 Å². The van der Waals surface area contributed by atoms with Crippen molar-refractivity contribution in [2.45, 2.75) is 6.18 Å². The Morgan fingerprint density at radius 3 is 2.38 bits per heavy atom. The Hall–Kier alpha value is -1.61. The van der Waals surface area contributed by atoms with Crippen LogP contribution < -0.4 is 5.73 Å². The molecule has 1 aliphatic rings. The van der Waals surface area contributed by atoms with Crippen molar-refractivity contribution >= 4 is 11.9 Å². The average Bonchev–Trinajstić information content (AvgIpc) is 2.31. The molecule has 0 spiro atoms. The maximum absolute atomic E-state index is 12.2. The second-order valence-electron chi connectivity index (χ2n) is 5.03. The van der Waals surface area contributed by atoms with Crippen molar-refractivity contribution in [2.75, 3.05) is 40.3 Å². The van der Waals surface area contributed by atoms with E-state index in [1.54, 1.807) is 19.0 Å². The number of halogens is 3. The number of esters is 1. The molecule has 21 heavy (non-hydrogen) atoms. The van der Waals surface area contributed by atoms with Crippen LogP contribution in [0.15, 0.2) is 11.8 Å². The fourth-order valence-corrected chi connectivity index (χ4v) is 1.64. The standard InChI is InChI=1S/C12H18F3N3O3/c1-17(2)4-3-9(21-11(20)12(13,14)15)10(19)18-6-8(5-16)7-18/h3,8H,4-7,16H2,1-2H3/b9-3+. The Bertz CT molecular complexity index is 429. The topological polar surface area (TPSA) is 75.9 Å². The number of nitrogens with two attached hydrogens (primary N) is 1. The molecule has 120 valence electrons. The van der Waals surface area contributed by atoms with Crippen molar-refractivity contribution in [3.63, 3.8) is 0 Å². The molecule has 0 aromatic carbocycles. The van der Waals surface area contributed by atoms with Gasteiger partial charge in [-0.2, -0.15) is 13.2 Å². The lowest BCUT2D eigenvalue weighted by molar-refractivity contribution is -0.196. The van der Waals surface area contributed by atoms with Crippen molar-refractivity contribution in [3.8, 4) is 0 Å². The zero-order valence-electron chi connectivity index (χ0n) is 11.8. The van der Waals surface area contributed by atoms with E-state index < -0.39 is 23.8 Å². The van der Waals surface area contributed by atoms with Crippen LogP contribution in [0.2, 0.25) is 0 Å². The molecule has 0 aromatic rings. The van der Waals surface area contributed by atoms with Crippen molar-refractivity contribution in [1.82, 2.24) is 9.80 Å². The third-order valence-corrected chi connectivity index (χ3v) is 2.86. The van der Waals surface area contributed by atoms with Gasteiger partial charge in [-0.05, 0) is 26.7 Å². The van der Waals surface area contributed by atoms with Crippen LogP contribution in [-0.2, 0) is 14.3 Å². The summed E-state index contributed by atoms with van der Waals surface area (Å²) in [4.78, 5) is 25.8. The number of carbonyl (C=O) groups excluding carboxylic acids is 2. The van der Waals surface area contributed by atoms with Gasteiger partial charge in [-0.1, -0.05) is 0 Å². The Labute approximate surface area is 120 Å². The zero-order valence-corrected chi connectivity index (χ0v) is 11.8. The highest BCUT2D eigenvalue weighted by Gasteiger charge is 2.43. The van der Waals surface area contributed by atoms with E-state index in [2.05, 4.69) is 4.74 Å². The molecule has 0 unspecified atom stereocenters. The molecule has 1 saturated heterocycles. The summed E-state index contributed by atoms with van der Waals surface area (Å²) in [5.74, 6) is -3.63. The minimum atomic E-state index is -5.15. The van der Waals surface area contributed by atoms with E-state index in [1.807, 2.05) is 0 Å². The van der Waals surface area contributed by atoms with E-state index in [9.17, 15) is 22.8 Å². The monoisotopic (exact) mass is 309 g/mol. The molecule has 0 bridgehead atoms. The lowest BCUT2D eigenvalue weighted by Gasteiger charge is -2.38. The number of nitrogens with zero attached hydrogens (tertiary/aromatic N) is 2. The van der Waals surface area contributed by atoms with Gasteiger partial charge in [0, 0.05) is 25.6 Å². The molecular formula is C12H18F3N3O3. The third-order valence-electron chi connectivity index (χ3n) is 2.86. The number of carbonyl (C=O) groups is 2. The van der Waals surface area contributed by atoms with Gasteiger partial charge in [0.1, 0.15) is 0 Å². The fourth-order valence-electron chi connectivity index (χ4n) is 1.64. The van der Waals surface area contributed by atoms with E-state index in [1.165, 1.54) is 4.90 Å². The van der Waals surface area contributed by atoms with Crippen molar-refractivity contribution in [1.29, 1.82) is 0 Å². The van der Waals surface area contributed by atoms with E-state index in [4.69, 9.17) is 5.73 Å². The highest BCUT2D eigenvalue weighted by molar-refractivity contribution is 5.95. The Balaban J connectivity index is 2.76. The SMILES string of the molecule is CN(C)C/C=C(/OC(=O)C(F)(F)F)C(=O)N1CC(CN)C1. The highest BCUT2D eigenvalue weighted by Crippen LogP contribution is 2.22. The first-order valence-electron chi connectivity index (χ1n) is 6.28. The number of hydrogen-bond acceptors (Lipinski definition) is 5. The Morgan fingerprint density at radius 2 is 1.95 bits per heavy atom. The van der Waals surface area contributed by atoms with Crippen LogP contribution >= 0.6 is 0 Å². The first kappa shape index (κ1) is 17.4. The molecule has 0 atom stereocenters. The van der Waals surface area contributed by atoms with Gasteiger partial charge in [-0.25, -0.2) is 4.79 Å². The minimum Gasteiger partial charge on any atom is -0.414 e. The first-order valence-corrected chi connectivity index (χ1v) is 6.28. The van der Waals surface area contributed by atoms with Gasteiger partial charge < -0.3 is 20.3 Å². The summed E-state index contributed by atoms with van der Waals surface area (Å²) < 4.78 is 40.9. The predicted octanol–water partition coefficient (Wildman–Crippen LogP) is -0.0455. The molecule has 1 rings (SSSR count). The van der Waals surface area contributed by atoms with Gasteiger partial charge in [0.15, 0.2) is 5.76 Å². The molecule has 0 aromatic heterocycles. The molecule has 1 amide bonds. The molecule has 6 nitrogen and oxygen atoms in total. The number of likely N-dealkylation sites (N-methyl/N-ethyl adjacent to an activating group) is 1. The predicted molar refractivity (Wildman–Crippen MR) is 67.9 cm³/mol. The summed E-state index contributed by atoms with van der Waals surface area (Å²) in [5.41, 5.74) is 5.42. The summed E-state index contributed by atoms with van der Waals surface area (Å²) >= 11 is 0. The number of likely N-dealkylation sites (tertiary alicyclic amines) is 1. The minimum absolute atomic E-state index is 0.127. The van der Waals surface area contributed by atoms with Crippen LogP contribution in [0, 0.1) is 5.92 Å². The number of rotatable bonds is 5. The van der Waals surface area contributed by atoms with E-state index in [-0.39, 0.29) is 12.5 Å². The number of hydrogen-bond donors (Lipinski definition) is 1. The van der Waals surface area contributed by atoms with Gasteiger partial charge in [0.25, 0.3) is 5.91 Å². The van der Waals surface area contributed by atoms with Crippen LogP contribution in [0.3, 0.4) is 0 Å². The first-order chi connectivity index (χ1) is 9.65. The normalized spacial score (nSPS) is 16.9. The molecular weight excluding hydrogens is 291 g/mol. The van der Waals surface area contributed by atoms with Crippen molar-refractivity contribution in [3.05, 3.63) is 11.8 Å². The average molecular weight is 309 g/mol. The lowest BCUT2D eigenvalue weighted by atomic mass is 10.0.